The van der Waals surface area contributed by atoms with Crippen molar-refractivity contribution in [2.45, 2.75) is 111 Å². The fraction of sp³-hybridized carbons (Fsp3) is 0.404. The van der Waals surface area contributed by atoms with Gasteiger partial charge in [-0.25, -0.2) is 9.59 Å². The van der Waals surface area contributed by atoms with Crippen molar-refractivity contribution in [1.82, 2.24) is 19.6 Å². The number of hydrogen-bond donors (Lipinski definition) is 0. The van der Waals surface area contributed by atoms with Crippen molar-refractivity contribution in [3.8, 4) is 0 Å². The van der Waals surface area contributed by atoms with Gasteiger partial charge < -0.3 is 18.8 Å². The van der Waals surface area contributed by atoms with Crippen LogP contribution in [-0.4, -0.2) is 64.0 Å². The highest BCUT2D eigenvalue weighted by Gasteiger charge is 2.50. The molecule has 1 aliphatic rings. The second-order valence-electron chi connectivity index (χ2n) is 16.7. The van der Waals surface area contributed by atoms with E-state index in [4.69, 9.17) is 18.8 Å². The number of esters is 2. The highest BCUT2D eigenvalue weighted by Crippen LogP contribution is 2.38. The summed E-state index contributed by atoms with van der Waals surface area (Å²) >= 11 is 3.45. The summed E-state index contributed by atoms with van der Waals surface area (Å²) in [5, 5.41) is 10.2. The minimum Gasteiger partial charge on any atom is -0.464 e. The number of fused-ring (bicyclic) bond motifs is 2. The maximum Gasteiger partial charge on any atom is 0.462 e. The fourth-order valence-corrected chi connectivity index (χ4v) is 7.47. The zero-order valence-electron chi connectivity index (χ0n) is 37.1. The third-order valence-electron chi connectivity index (χ3n) is 10.9. The summed E-state index contributed by atoms with van der Waals surface area (Å²) in [7, 11) is 2.22. The van der Waals surface area contributed by atoms with Crippen LogP contribution < -0.4 is 0 Å². The average Bonchev–Trinajstić information content (AvgIpc) is 3.87. The molecule has 0 amide bonds. The summed E-state index contributed by atoms with van der Waals surface area (Å²) in [4.78, 5) is 23.9. The highest BCUT2D eigenvalue weighted by molar-refractivity contribution is 9.10. The van der Waals surface area contributed by atoms with Crippen LogP contribution in [0.1, 0.15) is 124 Å². The molecule has 0 atom stereocenters. The molecule has 18 heteroatoms. The molecule has 4 aromatic carbocycles. The number of carbonyl (C=O) groups is 2. The Morgan fingerprint density at radius 1 is 0.662 bits per heavy atom. The van der Waals surface area contributed by atoms with E-state index in [1.54, 1.807) is 4.68 Å². The van der Waals surface area contributed by atoms with Gasteiger partial charge in [-0.05, 0) is 121 Å². The normalized spacial score (nSPS) is 14.4. The molecule has 1 saturated heterocycles. The molecule has 0 spiro atoms. The summed E-state index contributed by atoms with van der Waals surface area (Å²) in [5.41, 5.74) is 2.37. The van der Waals surface area contributed by atoms with Crippen molar-refractivity contribution in [3.05, 3.63) is 129 Å². The molecule has 6 aromatic rings. The minimum atomic E-state index is -4.37. The van der Waals surface area contributed by atoms with Crippen LogP contribution in [-0.2, 0) is 43.9 Å². The maximum atomic E-state index is 12.8. The average molecular weight is 976 g/mol. The van der Waals surface area contributed by atoms with E-state index >= 15 is 0 Å². The number of rotatable bonds is 8. The number of alkyl halides is 6. The van der Waals surface area contributed by atoms with Gasteiger partial charge in [0.1, 0.15) is 0 Å². The van der Waals surface area contributed by atoms with Crippen molar-refractivity contribution in [3.63, 3.8) is 0 Å². The highest BCUT2D eigenvalue weighted by atomic mass is 79.9. The number of ether oxygens (including phenoxy) is 2. The SMILES string of the molecule is C.CC1(C)OB(Cc2ccc(C(F)(F)F)cc2)OC1(C)C.COC(=O)c1nn(C(C)C)c2cccc(Br)c12.COC(=O)c1nn(C(C)C)c2cccc(Cc3ccc(C(F)(F)F)cc3)c12. The molecule has 0 saturated carbocycles. The number of aromatic nitrogens is 4. The molecule has 0 bridgehead atoms. The van der Waals surface area contributed by atoms with Gasteiger partial charge in [0.25, 0.3) is 0 Å². The Morgan fingerprint density at radius 3 is 1.48 bits per heavy atom. The zero-order chi connectivity index (χ0) is 47.5. The summed E-state index contributed by atoms with van der Waals surface area (Å²) in [6, 6.07) is 21.7. The molecule has 0 aliphatic carbocycles. The Morgan fingerprint density at radius 2 is 1.06 bits per heavy atom. The Hall–Kier alpha value is -5.20. The van der Waals surface area contributed by atoms with Crippen molar-refractivity contribution < 1.29 is 54.7 Å². The van der Waals surface area contributed by atoms with Gasteiger partial charge in [0.2, 0.25) is 0 Å². The lowest BCUT2D eigenvalue weighted by molar-refractivity contribution is -0.138. The van der Waals surface area contributed by atoms with Crippen molar-refractivity contribution in [2.75, 3.05) is 14.2 Å². The number of methoxy groups -OCH3 is 2. The molecule has 0 N–H and O–H groups in total. The Labute approximate surface area is 383 Å². The molecule has 10 nitrogen and oxygen atoms in total. The van der Waals surface area contributed by atoms with Crippen molar-refractivity contribution in [1.29, 1.82) is 0 Å². The first-order chi connectivity index (χ1) is 29.8. The van der Waals surface area contributed by atoms with Crippen LogP contribution in [0.15, 0.2) is 89.4 Å². The van der Waals surface area contributed by atoms with E-state index in [0.29, 0.717) is 29.4 Å². The van der Waals surface area contributed by atoms with Gasteiger partial charge in [-0.2, -0.15) is 36.5 Å². The minimum absolute atomic E-state index is 0. The molecule has 2 aromatic heterocycles. The Kier molecular flexibility index (Phi) is 16.6. The van der Waals surface area contributed by atoms with Gasteiger partial charge in [0.05, 0.1) is 47.6 Å². The largest absolute Gasteiger partial charge is 0.464 e. The van der Waals surface area contributed by atoms with E-state index in [9.17, 15) is 35.9 Å². The molecular weight excluding hydrogens is 921 g/mol. The summed E-state index contributed by atoms with van der Waals surface area (Å²) in [5.74, 6) is -0.958. The Balaban J connectivity index is 0.000000218. The Bertz CT molecular complexity index is 2570. The lowest BCUT2D eigenvalue weighted by Crippen LogP contribution is -2.41. The summed E-state index contributed by atoms with van der Waals surface area (Å²) in [6.45, 7) is 15.7. The quantitative estimate of drug-likeness (QED) is 0.0843. The fourth-order valence-electron chi connectivity index (χ4n) is 6.93. The van der Waals surface area contributed by atoms with Crippen LogP contribution in [0.4, 0.5) is 26.3 Å². The topological polar surface area (TPSA) is 107 Å². The van der Waals surface area contributed by atoms with Gasteiger partial charge in [0, 0.05) is 33.6 Å². The third kappa shape index (κ3) is 12.0. The number of carbonyl (C=O) groups excluding carboxylic acids is 2. The predicted octanol–water partition coefficient (Wildman–Crippen LogP) is 12.7. The molecule has 3 heterocycles. The van der Waals surface area contributed by atoms with E-state index in [1.807, 2.05) is 96.5 Å². The molecule has 1 fully saturated rings. The first kappa shape index (κ1) is 52.4. The second-order valence-corrected chi connectivity index (χ2v) is 17.5. The lowest BCUT2D eigenvalue weighted by atomic mass is 9.80. The molecule has 7 rings (SSSR count). The standard InChI is InChI=1S/C20H19F3N2O2.C14H18BF3O2.C12H13BrN2O2.CH4/c1-12(2)25-16-6-4-5-14(17(16)18(24-25)19(26)27-3)11-13-7-9-15(10-8-13)20(21,22)23;1-12(2)13(3,4)20-15(19-12)9-10-5-7-11(8-6-10)14(16,17)18;1-7(2)15-9-6-4-5-8(13)10(9)11(14-15)12(16)17-3;/h4-10,12H,11H2,1-3H3;5-8H,9H2,1-4H3;4-7H,1-3H3;1H4. The van der Waals surface area contributed by atoms with Gasteiger partial charge in [-0.1, -0.05) is 65.8 Å². The van der Waals surface area contributed by atoms with Gasteiger partial charge >= 0.3 is 31.4 Å². The summed E-state index contributed by atoms with van der Waals surface area (Å²) < 4.78 is 101. The second kappa shape index (κ2) is 20.5. The number of halogens is 7. The number of hydrogen-bond acceptors (Lipinski definition) is 8. The van der Waals surface area contributed by atoms with Crippen LogP contribution >= 0.6 is 15.9 Å². The molecule has 0 unspecified atom stereocenters. The van der Waals surface area contributed by atoms with E-state index < -0.39 is 53.7 Å². The molecule has 350 valence electrons. The predicted molar refractivity (Wildman–Crippen MR) is 243 cm³/mol. The molecule has 1 aliphatic heterocycles. The van der Waals surface area contributed by atoms with Gasteiger partial charge in [-0.15, -0.1) is 0 Å². The first-order valence-corrected chi connectivity index (χ1v) is 21.1. The van der Waals surface area contributed by atoms with Crippen LogP contribution in [0, 0.1) is 0 Å². The first-order valence-electron chi connectivity index (χ1n) is 20.3. The van der Waals surface area contributed by atoms with Crippen molar-refractivity contribution in [2.24, 2.45) is 0 Å². The summed E-state index contributed by atoms with van der Waals surface area (Å²) in [6.07, 6.45) is -7.86. The van der Waals surface area contributed by atoms with E-state index in [1.165, 1.54) is 38.5 Å². The number of nitrogens with zero attached hydrogens (tertiary/aromatic N) is 4. The third-order valence-corrected chi connectivity index (χ3v) is 11.6. The zero-order valence-corrected chi connectivity index (χ0v) is 38.7. The van der Waals surface area contributed by atoms with Gasteiger partial charge in [0.15, 0.2) is 11.4 Å². The maximum absolute atomic E-state index is 12.8. The van der Waals surface area contributed by atoms with E-state index in [2.05, 4.69) is 26.1 Å². The van der Waals surface area contributed by atoms with E-state index in [0.717, 1.165) is 56.3 Å². The van der Waals surface area contributed by atoms with Crippen LogP contribution in [0.3, 0.4) is 0 Å². The van der Waals surface area contributed by atoms with Crippen LogP contribution in [0.5, 0.6) is 0 Å². The van der Waals surface area contributed by atoms with Crippen LogP contribution in [0.25, 0.3) is 21.8 Å². The molecule has 0 radical (unpaired) electrons. The van der Waals surface area contributed by atoms with E-state index in [-0.39, 0.29) is 25.2 Å². The van der Waals surface area contributed by atoms with Gasteiger partial charge in [-0.3, -0.25) is 9.36 Å². The lowest BCUT2D eigenvalue weighted by Gasteiger charge is -2.32. The smallest absolute Gasteiger partial charge is 0.462 e. The molecule has 65 heavy (non-hydrogen) atoms. The molecular formula is C47H54BBrF6N4O6. The van der Waals surface area contributed by atoms with Crippen LogP contribution in [0.2, 0.25) is 0 Å². The van der Waals surface area contributed by atoms with Crippen molar-refractivity contribution >= 4 is 56.8 Å². The number of benzene rings is 4. The monoisotopic (exact) mass is 974 g/mol.